The molecule has 5 nitrogen and oxygen atoms in total. The third-order valence-corrected chi connectivity index (χ3v) is 4.67. The van der Waals surface area contributed by atoms with Gasteiger partial charge < -0.3 is 14.5 Å². The number of fused-ring (bicyclic) bond motifs is 1. The van der Waals surface area contributed by atoms with E-state index in [0.717, 1.165) is 6.42 Å². The number of hydrogen-bond acceptors (Lipinski definition) is 3. The molecule has 2 amide bonds. The maximum Gasteiger partial charge on any atom is 0.248 e. The van der Waals surface area contributed by atoms with Crippen LogP contribution in [-0.4, -0.2) is 61.0 Å². The van der Waals surface area contributed by atoms with Crippen LogP contribution in [0, 0.1) is 11.7 Å². The Balaban J connectivity index is 1.65. The Bertz CT molecular complexity index is 607. The van der Waals surface area contributed by atoms with Gasteiger partial charge in [-0.25, -0.2) is 4.39 Å². The van der Waals surface area contributed by atoms with Crippen LogP contribution in [-0.2, 0) is 20.7 Å². The summed E-state index contributed by atoms with van der Waals surface area (Å²) in [6.07, 6.45) is 0.801. The Hall–Kier alpha value is -1.95. The lowest BCUT2D eigenvalue weighted by atomic mass is 9.93. The van der Waals surface area contributed by atoms with Gasteiger partial charge in [-0.15, -0.1) is 0 Å². The second kappa shape index (κ2) is 6.66. The van der Waals surface area contributed by atoms with Gasteiger partial charge in [-0.3, -0.25) is 9.59 Å². The summed E-state index contributed by atoms with van der Waals surface area (Å²) in [6, 6.07) is 6.36. The number of likely N-dealkylation sites (N-methyl/N-ethyl adjacent to an activating group) is 1. The van der Waals surface area contributed by atoms with Crippen molar-refractivity contribution < 1.29 is 18.7 Å². The van der Waals surface area contributed by atoms with Crippen molar-refractivity contribution in [2.75, 3.05) is 33.3 Å². The number of hydrogen-bond donors (Lipinski definition) is 0. The first kappa shape index (κ1) is 15.9. The monoisotopic (exact) mass is 320 g/mol. The molecule has 1 aromatic rings. The Morgan fingerprint density at radius 1 is 1.35 bits per heavy atom. The number of nitrogens with zero attached hydrogens (tertiary/aromatic N) is 2. The molecule has 0 aromatic heterocycles. The number of carbonyl (C=O) groups excluding carboxylic acids is 2. The molecule has 6 heteroatoms. The van der Waals surface area contributed by atoms with Gasteiger partial charge in [-0.2, -0.15) is 0 Å². The lowest BCUT2D eigenvalue weighted by Crippen LogP contribution is -2.49. The normalized spacial score (nSPS) is 25.0. The number of piperidine rings is 1. The van der Waals surface area contributed by atoms with Crippen LogP contribution >= 0.6 is 0 Å². The van der Waals surface area contributed by atoms with E-state index < -0.39 is 0 Å². The van der Waals surface area contributed by atoms with Gasteiger partial charge in [0.25, 0.3) is 0 Å². The van der Waals surface area contributed by atoms with Crippen LogP contribution in [0.2, 0.25) is 0 Å². The molecule has 2 heterocycles. The number of rotatable bonds is 2. The van der Waals surface area contributed by atoms with Crippen molar-refractivity contribution >= 4 is 11.8 Å². The average Bonchev–Trinajstić information content (AvgIpc) is 2.68. The molecular formula is C17H21FN2O3. The summed E-state index contributed by atoms with van der Waals surface area (Å²) in [5.74, 6) is -0.334. The zero-order chi connectivity index (χ0) is 16.4. The first-order valence-electron chi connectivity index (χ1n) is 7.91. The number of amides is 2. The highest BCUT2D eigenvalue weighted by Crippen LogP contribution is 2.24. The summed E-state index contributed by atoms with van der Waals surface area (Å²) in [6.45, 7) is 1.84. The highest BCUT2D eigenvalue weighted by atomic mass is 19.1. The van der Waals surface area contributed by atoms with Crippen LogP contribution in [0.1, 0.15) is 12.0 Å². The highest BCUT2D eigenvalue weighted by molar-refractivity contribution is 5.79. The molecule has 0 unspecified atom stereocenters. The maximum atomic E-state index is 13.7. The van der Waals surface area contributed by atoms with E-state index in [4.69, 9.17) is 4.74 Å². The van der Waals surface area contributed by atoms with Crippen LogP contribution < -0.4 is 0 Å². The van der Waals surface area contributed by atoms with Gasteiger partial charge in [0.05, 0.1) is 12.5 Å². The molecule has 0 saturated carbocycles. The van der Waals surface area contributed by atoms with Crippen LogP contribution in [0.3, 0.4) is 0 Å². The molecule has 124 valence electrons. The number of likely N-dealkylation sites (tertiary alicyclic amines) is 1. The molecule has 0 N–H and O–H groups in total. The minimum Gasteiger partial charge on any atom is -0.368 e. The lowest BCUT2D eigenvalue weighted by molar-refractivity contribution is -0.137. The van der Waals surface area contributed by atoms with E-state index in [1.165, 1.54) is 6.07 Å². The summed E-state index contributed by atoms with van der Waals surface area (Å²) < 4.78 is 19.4. The highest BCUT2D eigenvalue weighted by Gasteiger charge is 2.36. The molecule has 2 atom stereocenters. The minimum absolute atomic E-state index is 0.0152. The second-order valence-electron chi connectivity index (χ2n) is 6.28. The zero-order valence-electron chi connectivity index (χ0n) is 13.2. The van der Waals surface area contributed by atoms with Crippen molar-refractivity contribution in [1.29, 1.82) is 0 Å². The van der Waals surface area contributed by atoms with Crippen molar-refractivity contribution in [3.05, 3.63) is 35.6 Å². The van der Waals surface area contributed by atoms with E-state index >= 15 is 0 Å². The van der Waals surface area contributed by atoms with Crippen molar-refractivity contribution in [2.24, 2.45) is 5.92 Å². The predicted octanol–water partition coefficient (Wildman–Crippen LogP) is 1.07. The van der Waals surface area contributed by atoms with Crippen molar-refractivity contribution in [1.82, 2.24) is 9.80 Å². The second-order valence-corrected chi connectivity index (χ2v) is 6.28. The molecule has 2 saturated heterocycles. The molecule has 2 fully saturated rings. The van der Waals surface area contributed by atoms with Crippen LogP contribution in [0.4, 0.5) is 4.39 Å². The molecule has 3 rings (SSSR count). The summed E-state index contributed by atoms with van der Waals surface area (Å²) in [5, 5.41) is 0. The van der Waals surface area contributed by atoms with E-state index in [1.54, 1.807) is 35.0 Å². The van der Waals surface area contributed by atoms with Crippen molar-refractivity contribution in [2.45, 2.75) is 18.9 Å². The third-order valence-electron chi connectivity index (χ3n) is 4.67. The maximum absolute atomic E-state index is 13.7. The molecular weight excluding hydrogens is 299 g/mol. The fourth-order valence-electron chi connectivity index (χ4n) is 3.29. The summed E-state index contributed by atoms with van der Waals surface area (Å²) >= 11 is 0. The first-order valence-corrected chi connectivity index (χ1v) is 7.91. The van der Waals surface area contributed by atoms with E-state index in [9.17, 15) is 14.0 Å². The van der Waals surface area contributed by atoms with Gasteiger partial charge in [-0.05, 0) is 18.1 Å². The number of carbonyl (C=O) groups is 2. The summed E-state index contributed by atoms with van der Waals surface area (Å²) in [7, 11) is 1.76. The quantitative estimate of drug-likeness (QED) is 0.819. The molecule has 2 aliphatic rings. The fraction of sp³-hybridized carbons (Fsp3) is 0.529. The molecule has 0 aliphatic carbocycles. The van der Waals surface area contributed by atoms with Crippen LogP contribution in [0.25, 0.3) is 0 Å². The van der Waals surface area contributed by atoms with Gasteiger partial charge >= 0.3 is 0 Å². The number of ether oxygens (including phenoxy) is 1. The Labute approximate surface area is 135 Å². The SMILES string of the molecule is CN1C[C@H]2CN(C(=O)Cc3ccccc3F)CC[C@@H]2OCC1=O. The van der Waals surface area contributed by atoms with E-state index in [2.05, 4.69) is 0 Å². The summed E-state index contributed by atoms with van der Waals surface area (Å²) in [5.41, 5.74) is 0.420. The standard InChI is InChI=1S/C17H21FN2O3/c1-19-9-13-10-20(7-6-15(13)23-11-17(19)22)16(21)8-12-4-2-3-5-14(12)18/h2-5,13,15H,6-11H2,1H3/t13-,15-/m0/s1. The minimum atomic E-state index is -0.348. The van der Waals surface area contributed by atoms with Crippen LogP contribution in [0.15, 0.2) is 24.3 Å². The Morgan fingerprint density at radius 2 is 2.13 bits per heavy atom. The molecule has 0 spiro atoms. The summed E-state index contributed by atoms with van der Waals surface area (Å²) in [4.78, 5) is 27.6. The third kappa shape index (κ3) is 3.52. The van der Waals surface area contributed by atoms with Crippen molar-refractivity contribution in [3.8, 4) is 0 Å². The first-order chi connectivity index (χ1) is 11.0. The largest absolute Gasteiger partial charge is 0.368 e. The van der Waals surface area contributed by atoms with Gasteiger partial charge in [0.2, 0.25) is 11.8 Å². The molecule has 0 bridgehead atoms. The number of benzene rings is 1. The molecule has 2 aliphatic heterocycles. The van der Waals surface area contributed by atoms with Gasteiger partial charge in [0, 0.05) is 32.6 Å². The van der Waals surface area contributed by atoms with Gasteiger partial charge in [0.1, 0.15) is 12.4 Å². The lowest BCUT2D eigenvalue weighted by Gasteiger charge is -2.37. The van der Waals surface area contributed by atoms with Gasteiger partial charge in [-0.1, -0.05) is 18.2 Å². The average molecular weight is 320 g/mol. The molecule has 23 heavy (non-hydrogen) atoms. The number of halogens is 1. The zero-order valence-corrected chi connectivity index (χ0v) is 13.2. The topological polar surface area (TPSA) is 49.9 Å². The van der Waals surface area contributed by atoms with E-state index in [-0.39, 0.29) is 42.7 Å². The Morgan fingerprint density at radius 3 is 2.91 bits per heavy atom. The predicted molar refractivity (Wildman–Crippen MR) is 82.2 cm³/mol. The molecule has 1 aromatic carbocycles. The molecule has 0 radical (unpaired) electrons. The van der Waals surface area contributed by atoms with E-state index in [0.29, 0.717) is 25.2 Å². The van der Waals surface area contributed by atoms with Crippen LogP contribution in [0.5, 0.6) is 0 Å². The van der Waals surface area contributed by atoms with E-state index in [1.807, 2.05) is 0 Å². The Kier molecular flexibility index (Phi) is 4.61. The van der Waals surface area contributed by atoms with Crippen molar-refractivity contribution in [3.63, 3.8) is 0 Å². The fourth-order valence-corrected chi connectivity index (χ4v) is 3.29. The smallest absolute Gasteiger partial charge is 0.248 e. The van der Waals surface area contributed by atoms with Gasteiger partial charge in [0.15, 0.2) is 0 Å².